The van der Waals surface area contributed by atoms with Gasteiger partial charge >= 0.3 is 6.36 Å². The predicted molar refractivity (Wildman–Crippen MR) is 118 cm³/mol. The normalized spacial score (nSPS) is 27.7. The molecule has 0 radical (unpaired) electrons. The average molecular weight is 502 g/mol. The number of carbonyl (C=O) groups excluding carboxylic acids is 4. The molecule has 2 N–H and O–H groups in total. The third kappa shape index (κ3) is 6.34. The van der Waals surface area contributed by atoms with Crippen molar-refractivity contribution in [2.24, 2.45) is 16.7 Å². The molecule has 4 rings (SSSR count). The second-order valence-corrected chi connectivity index (χ2v) is 11.2. The van der Waals surface area contributed by atoms with Gasteiger partial charge in [0.25, 0.3) is 0 Å². The lowest BCUT2D eigenvalue weighted by Gasteiger charge is -2.30. The predicted octanol–water partition coefficient (Wildman–Crippen LogP) is 2.45. The number of likely N-dealkylation sites (tertiary alicyclic amines) is 1. The molecule has 196 valence electrons. The van der Waals surface area contributed by atoms with E-state index in [1.807, 2.05) is 0 Å². The van der Waals surface area contributed by atoms with Crippen molar-refractivity contribution in [1.29, 1.82) is 0 Å². The van der Waals surface area contributed by atoms with E-state index >= 15 is 0 Å². The van der Waals surface area contributed by atoms with Gasteiger partial charge in [-0.05, 0) is 55.8 Å². The first-order valence-electron chi connectivity index (χ1n) is 12.5. The summed E-state index contributed by atoms with van der Waals surface area (Å²) >= 11 is 0. The van der Waals surface area contributed by atoms with E-state index in [-0.39, 0.29) is 29.1 Å². The molecule has 3 amide bonds. The Morgan fingerprint density at radius 1 is 1.20 bits per heavy atom. The molecule has 3 atom stereocenters. The number of nitrogens with zero attached hydrogens (tertiary/aromatic N) is 1. The number of halogens is 3. The molecule has 0 aromatic heterocycles. The third-order valence-corrected chi connectivity index (χ3v) is 8.24. The monoisotopic (exact) mass is 501 g/mol. The molecule has 2 heterocycles. The maximum atomic E-state index is 13.3. The Balaban J connectivity index is 1.45. The standard InChI is InChI=1S/C24H34F3N3O5/c1-22(5-2-3-6-22)12-19(32)30-14-23(7-8-23)11-17(30)21(34)29-16(10-15-4-9-28-20(15)33)18(31)13-35-24(25,26)27/h15-17H,2-14H2,1H3,(H,28,33)(H,29,34)/t15-,16-,17-/m0/s1. The fourth-order valence-corrected chi connectivity index (χ4v) is 5.91. The van der Waals surface area contributed by atoms with Gasteiger partial charge in [-0.2, -0.15) is 0 Å². The van der Waals surface area contributed by atoms with Gasteiger partial charge < -0.3 is 15.5 Å². The number of amides is 3. The molecule has 2 saturated heterocycles. The number of Topliss-reactive ketones (excluding diaryl/α,β-unsaturated/α-hetero) is 1. The molecule has 2 saturated carbocycles. The van der Waals surface area contributed by atoms with Gasteiger partial charge in [0, 0.05) is 25.4 Å². The van der Waals surface area contributed by atoms with E-state index in [0.29, 0.717) is 32.4 Å². The second kappa shape index (κ2) is 9.71. The summed E-state index contributed by atoms with van der Waals surface area (Å²) in [5, 5.41) is 5.22. The molecule has 0 aromatic carbocycles. The lowest BCUT2D eigenvalue weighted by atomic mass is 9.84. The van der Waals surface area contributed by atoms with Gasteiger partial charge in [-0.15, -0.1) is 13.2 Å². The van der Waals surface area contributed by atoms with Crippen LogP contribution in [0, 0.1) is 16.7 Å². The Morgan fingerprint density at radius 2 is 1.89 bits per heavy atom. The van der Waals surface area contributed by atoms with Gasteiger partial charge in [-0.25, -0.2) is 0 Å². The van der Waals surface area contributed by atoms with Gasteiger partial charge in [0.1, 0.15) is 12.6 Å². The van der Waals surface area contributed by atoms with E-state index in [2.05, 4.69) is 22.3 Å². The molecular weight excluding hydrogens is 467 g/mol. The first-order chi connectivity index (χ1) is 16.4. The van der Waals surface area contributed by atoms with Crippen LogP contribution in [0.3, 0.4) is 0 Å². The van der Waals surface area contributed by atoms with Gasteiger partial charge in [0.15, 0.2) is 5.78 Å². The van der Waals surface area contributed by atoms with Crippen molar-refractivity contribution in [2.45, 2.75) is 89.6 Å². The molecule has 8 nitrogen and oxygen atoms in total. The highest BCUT2D eigenvalue weighted by Gasteiger charge is 2.55. The molecule has 0 unspecified atom stereocenters. The van der Waals surface area contributed by atoms with Crippen LogP contribution in [0.2, 0.25) is 0 Å². The SMILES string of the molecule is CC1(CC(=O)N2CC3(CC3)C[C@H]2C(=O)N[C@@H](C[C@@H]2CCNC2=O)C(=O)COC(F)(F)F)CCCC1. The van der Waals surface area contributed by atoms with Crippen molar-refractivity contribution < 1.29 is 37.1 Å². The molecule has 2 aliphatic carbocycles. The van der Waals surface area contributed by atoms with E-state index in [0.717, 1.165) is 38.5 Å². The fraction of sp³-hybridized carbons (Fsp3) is 0.833. The molecule has 11 heteroatoms. The zero-order valence-electron chi connectivity index (χ0n) is 20.0. The number of rotatable bonds is 9. The topological polar surface area (TPSA) is 105 Å². The van der Waals surface area contributed by atoms with Crippen LogP contribution in [0.5, 0.6) is 0 Å². The van der Waals surface area contributed by atoms with Crippen LogP contribution >= 0.6 is 0 Å². The van der Waals surface area contributed by atoms with E-state index in [1.54, 1.807) is 4.90 Å². The quantitative estimate of drug-likeness (QED) is 0.505. The molecule has 0 aromatic rings. The number of ketones is 1. The Kier molecular flexibility index (Phi) is 7.19. The first-order valence-corrected chi connectivity index (χ1v) is 12.5. The highest BCUT2D eigenvalue weighted by Crippen LogP contribution is 2.55. The fourth-order valence-electron chi connectivity index (χ4n) is 5.91. The minimum absolute atomic E-state index is 0.0827. The average Bonchev–Trinajstić information content (AvgIpc) is 3.06. The van der Waals surface area contributed by atoms with Crippen molar-refractivity contribution in [3.8, 4) is 0 Å². The molecule has 35 heavy (non-hydrogen) atoms. The number of nitrogens with one attached hydrogen (secondary N) is 2. The van der Waals surface area contributed by atoms with Crippen molar-refractivity contribution in [2.75, 3.05) is 19.7 Å². The molecule has 4 fully saturated rings. The van der Waals surface area contributed by atoms with Crippen LogP contribution in [0.4, 0.5) is 13.2 Å². The maximum absolute atomic E-state index is 13.3. The van der Waals surface area contributed by atoms with Crippen LogP contribution in [0.25, 0.3) is 0 Å². The van der Waals surface area contributed by atoms with Crippen LogP contribution < -0.4 is 10.6 Å². The minimum atomic E-state index is -4.99. The summed E-state index contributed by atoms with van der Waals surface area (Å²) in [7, 11) is 0. The summed E-state index contributed by atoms with van der Waals surface area (Å²) in [6, 6.07) is -2.08. The summed E-state index contributed by atoms with van der Waals surface area (Å²) < 4.78 is 41.2. The maximum Gasteiger partial charge on any atom is 0.522 e. The van der Waals surface area contributed by atoms with Crippen molar-refractivity contribution in [3.63, 3.8) is 0 Å². The van der Waals surface area contributed by atoms with E-state index in [1.165, 1.54) is 0 Å². The zero-order chi connectivity index (χ0) is 25.4. The van der Waals surface area contributed by atoms with Crippen molar-refractivity contribution in [1.82, 2.24) is 15.5 Å². The van der Waals surface area contributed by atoms with Gasteiger partial charge in [0.2, 0.25) is 17.7 Å². The summed E-state index contributed by atoms with van der Waals surface area (Å²) in [6.07, 6.45) is 2.09. The molecule has 2 aliphatic heterocycles. The van der Waals surface area contributed by atoms with Crippen molar-refractivity contribution in [3.05, 3.63) is 0 Å². The van der Waals surface area contributed by atoms with Crippen molar-refractivity contribution >= 4 is 23.5 Å². The van der Waals surface area contributed by atoms with Gasteiger partial charge in [-0.3, -0.25) is 23.9 Å². The minimum Gasteiger partial charge on any atom is -0.356 e. The Bertz CT molecular complexity index is 867. The highest BCUT2D eigenvalue weighted by molar-refractivity contribution is 5.94. The molecule has 1 spiro atoms. The molecule has 4 aliphatic rings. The highest BCUT2D eigenvalue weighted by atomic mass is 19.4. The van der Waals surface area contributed by atoms with Gasteiger partial charge in [0.05, 0.1) is 6.04 Å². The lowest BCUT2D eigenvalue weighted by molar-refractivity contribution is -0.321. The van der Waals surface area contributed by atoms with E-state index < -0.39 is 42.7 Å². The summed E-state index contributed by atoms with van der Waals surface area (Å²) in [6.45, 7) is 1.74. The summed E-state index contributed by atoms with van der Waals surface area (Å²) in [4.78, 5) is 52.9. The first kappa shape index (κ1) is 25.9. The summed E-state index contributed by atoms with van der Waals surface area (Å²) in [5.74, 6) is -2.48. The van der Waals surface area contributed by atoms with E-state index in [9.17, 15) is 32.3 Å². The Labute approximate surface area is 202 Å². The number of alkyl halides is 3. The number of carbonyl (C=O) groups is 4. The van der Waals surface area contributed by atoms with Crippen LogP contribution in [0.1, 0.15) is 71.1 Å². The summed E-state index contributed by atoms with van der Waals surface area (Å²) in [5.41, 5.74) is -0.167. The molecular formula is C24H34F3N3O5. The lowest BCUT2D eigenvalue weighted by Crippen LogP contribution is -2.52. The smallest absolute Gasteiger partial charge is 0.356 e. The zero-order valence-corrected chi connectivity index (χ0v) is 20.0. The molecule has 0 bridgehead atoms. The number of hydrogen-bond acceptors (Lipinski definition) is 5. The van der Waals surface area contributed by atoms with Gasteiger partial charge in [-0.1, -0.05) is 19.8 Å². The number of ether oxygens (including phenoxy) is 1. The van der Waals surface area contributed by atoms with Crippen LogP contribution in [-0.4, -0.2) is 66.5 Å². The van der Waals surface area contributed by atoms with E-state index in [4.69, 9.17) is 0 Å². The Hall–Kier alpha value is -2.17. The largest absolute Gasteiger partial charge is 0.522 e. The van der Waals surface area contributed by atoms with Crippen LogP contribution in [0.15, 0.2) is 0 Å². The second-order valence-electron chi connectivity index (χ2n) is 11.2. The van der Waals surface area contributed by atoms with Crippen LogP contribution in [-0.2, 0) is 23.9 Å². The Morgan fingerprint density at radius 3 is 2.46 bits per heavy atom. The third-order valence-electron chi connectivity index (χ3n) is 8.24. The number of hydrogen-bond donors (Lipinski definition) is 2.